The molecule has 0 saturated heterocycles. The number of hydrogen-bond acceptors (Lipinski definition) is 7. The first kappa shape index (κ1) is 19.2. The molecule has 2 aromatic heterocycles. The van der Waals surface area contributed by atoms with E-state index in [0.717, 1.165) is 26.9 Å². The Morgan fingerprint density at radius 3 is 2.24 bits per heavy atom. The molecule has 0 fully saturated rings. The van der Waals surface area contributed by atoms with Crippen LogP contribution in [0.2, 0.25) is 0 Å². The Hall–Kier alpha value is -3.10. The number of esters is 1. The molecule has 0 atom stereocenters. The molecule has 146 valence electrons. The molecule has 4 rings (SSSR count). The van der Waals surface area contributed by atoms with Crippen LogP contribution in [-0.4, -0.2) is 23.0 Å². The minimum Gasteiger partial charge on any atom is -0.497 e. The number of carbonyl (C=O) groups excluding carboxylic acids is 1. The Labute approximate surface area is 174 Å². The number of rotatable bonds is 6. The summed E-state index contributed by atoms with van der Waals surface area (Å²) < 4.78 is 23.5. The highest BCUT2D eigenvalue weighted by molar-refractivity contribution is 7.13. The number of nitrogens with zero attached hydrogens (tertiary/aromatic N) is 2. The second-order valence-corrected chi connectivity index (χ2v) is 7.71. The van der Waals surface area contributed by atoms with E-state index in [0.29, 0.717) is 5.69 Å². The van der Waals surface area contributed by atoms with Crippen LogP contribution in [0.3, 0.4) is 0 Å². The van der Waals surface area contributed by atoms with Crippen LogP contribution in [0.5, 0.6) is 5.75 Å². The highest BCUT2D eigenvalue weighted by atomic mass is 32.1. The minimum atomic E-state index is -0.502. The van der Waals surface area contributed by atoms with E-state index in [1.54, 1.807) is 24.6 Å². The molecular weight excluding hydrogens is 411 g/mol. The SMILES string of the molecule is COc1ccc(-c2nc(C(=O)OCc3csc(-c4ccc(F)cc4)n3)cs2)cc1. The van der Waals surface area contributed by atoms with Crippen LogP contribution in [0.4, 0.5) is 4.39 Å². The highest BCUT2D eigenvalue weighted by Gasteiger charge is 2.15. The van der Waals surface area contributed by atoms with Crippen molar-refractivity contribution < 1.29 is 18.7 Å². The van der Waals surface area contributed by atoms with Gasteiger partial charge < -0.3 is 9.47 Å². The maximum absolute atomic E-state index is 13.0. The highest BCUT2D eigenvalue weighted by Crippen LogP contribution is 2.27. The van der Waals surface area contributed by atoms with Gasteiger partial charge in [-0.2, -0.15) is 0 Å². The third-order valence-corrected chi connectivity index (χ3v) is 5.88. The molecule has 0 bridgehead atoms. The minimum absolute atomic E-state index is 0.0475. The fourth-order valence-electron chi connectivity index (χ4n) is 2.55. The molecule has 29 heavy (non-hydrogen) atoms. The lowest BCUT2D eigenvalue weighted by atomic mass is 10.2. The maximum atomic E-state index is 13.0. The number of ether oxygens (including phenoxy) is 2. The lowest BCUT2D eigenvalue weighted by molar-refractivity contribution is 0.0462. The lowest BCUT2D eigenvalue weighted by Gasteiger charge is -2.01. The number of thiazole rings is 2. The number of aromatic nitrogens is 2. The normalized spacial score (nSPS) is 10.7. The summed E-state index contributed by atoms with van der Waals surface area (Å²) in [6.07, 6.45) is 0. The molecule has 0 saturated carbocycles. The van der Waals surface area contributed by atoms with E-state index in [1.165, 1.54) is 34.8 Å². The van der Waals surface area contributed by atoms with E-state index in [2.05, 4.69) is 9.97 Å². The van der Waals surface area contributed by atoms with Gasteiger partial charge in [-0.15, -0.1) is 22.7 Å². The number of halogens is 1. The second-order valence-electron chi connectivity index (χ2n) is 5.99. The zero-order valence-electron chi connectivity index (χ0n) is 15.3. The van der Waals surface area contributed by atoms with Crippen LogP contribution in [0.1, 0.15) is 16.2 Å². The molecule has 0 radical (unpaired) electrons. The molecular formula is C21H15FN2O3S2. The molecule has 5 nitrogen and oxygen atoms in total. The van der Waals surface area contributed by atoms with Gasteiger partial charge in [-0.3, -0.25) is 0 Å². The van der Waals surface area contributed by atoms with Gasteiger partial charge in [-0.1, -0.05) is 0 Å². The summed E-state index contributed by atoms with van der Waals surface area (Å²) in [4.78, 5) is 21.1. The van der Waals surface area contributed by atoms with E-state index in [1.807, 2.05) is 29.6 Å². The average molecular weight is 426 g/mol. The predicted octanol–water partition coefficient (Wildman–Crippen LogP) is 5.44. The van der Waals surface area contributed by atoms with Crippen molar-refractivity contribution in [3.63, 3.8) is 0 Å². The zero-order chi connectivity index (χ0) is 20.2. The van der Waals surface area contributed by atoms with Gasteiger partial charge in [0.05, 0.1) is 12.8 Å². The molecule has 0 spiro atoms. The quantitative estimate of drug-likeness (QED) is 0.384. The summed E-state index contributed by atoms with van der Waals surface area (Å²) in [6.45, 7) is 0.0475. The van der Waals surface area contributed by atoms with Crippen LogP contribution in [0, 0.1) is 5.82 Å². The average Bonchev–Trinajstić information content (AvgIpc) is 3.43. The Bertz CT molecular complexity index is 1120. The number of methoxy groups -OCH3 is 1. The van der Waals surface area contributed by atoms with Crippen LogP contribution < -0.4 is 4.74 Å². The summed E-state index contributed by atoms with van der Waals surface area (Å²) in [6, 6.07) is 13.6. The lowest BCUT2D eigenvalue weighted by Crippen LogP contribution is -2.05. The van der Waals surface area contributed by atoms with E-state index in [-0.39, 0.29) is 18.1 Å². The van der Waals surface area contributed by atoms with Gasteiger partial charge in [0, 0.05) is 21.9 Å². The first-order valence-electron chi connectivity index (χ1n) is 8.60. The second kappa shape index (κ2) is 8.50. The molecule has 2 aromatic carbocycles. The molecule has 0 amide bonds. The van der Waals surface area contributed by atoms with Crippen molar-refractivity contribution in [3.05, 3.63) is 76.5 Å². The van der Waals surface area contributed by atoms with Gasteiger partial charge in [0.1, 0.15) is 28.2 Å². The van der Waals surface area contributed by atoms with Crippen molar-refractivity contribution in [2.45, 2.75) is 6.61 Å². The molecule has 0 unspecified atom stereocenters. The first-order valence-corrected chi connectivity index (χ1v) is 10.4. The van der Waals surface area contributed by atoms with Gasteiger partial charge in [-0.25, -0.2) is 19.2 Å². The topological polar surface area (TPSA) is 61.3 Å². The van der Waals surface area contributed by atoms with Crippen LogP contribution >= 0.6 is 22.7 Å². The van der Waals surface area contributed by atoms with Gasteiger partial charge in [0.25, 0.3) is 0 Å². The molecule has 8 heteroatoms. The Morgan fingerprint density at radius 1 is 0.931 bits per heavy atom. The van der Waals surface area contributed by atoms with Gasteiger partial charge in [0.2, 0.25) is 0 Å². The Balaban J connectivity index is 1.39. The zero-order valence-corrected chi connectivity index (χ0v) is 16.9. The molecule has 4 aromatic rings. The van der Waals surface area contributed by atoms with E-state index >= 15 is 0 Å². The fourth-order valence-corrected chi connectivity index (χ4v) is 4.15. The summed E-state index contributed by atoms with van der Waals surface area (Å²) in [5.41, 5.74) is 2.61. The largest absolute Gasteiger partial charge is 0.497 e. The van der Waals surface area contributed by atoms with Gasteiger partial charge >= 0.3 is 5.97 Å². The Kier molecular flexibility index (Phi) is 5.64. The molecule has 0 aliphatic carbocycles. The molecule has 0 aliphatic heterocycles. The van der Waals surface area contributed by atoms with Crippen molar-refractivity contribution in [3.8, 4) is 26.9 Å². The number of carbonyl (C=O) groups is 1. The monoisotopic (exact) mass is 426 g/mol. The predicted molar refractivity (Wildman–Crippen MR) is 111 cm³/mol. The van der Waals surface area contributed by atoms with E-state index < -0.39 is 5.97 Å². The fraction of sp³-hybridized carbons (Fsp3) is 0.0952. The summed E-state index contributed by atoms with van der Waals surface area (Å²) >= 11 is 2.78. The van der Waals surface area contributed by atoms with Crippen molar-refractivity contribution in [1.29, 1.82) is 0 Å². The van der Waals surface area contributed by atoms with Crippen molar-refractivity contribution in [1.82, 2.24) is 9.97 Å². The molecule has 0 aliphatic rings. The third kappa shape index (κ3) is 4.49. The Morgan fingerprint density at radius 2 is 1.55 bits per heavy atom. The number of hydrogen-bond donors (Lipinski definition) is 0. The van der Waals surface area contributed by atoms with E-state index in [9.17, 15) is 9.18 Å². The summed E-state index contributed by atoms with van der Waals surface area (Å²) in [5, 5.41) is 4.96. The standard InChI is InChI=1S/C21H15FN2O3S2/c1-26-17-8-4-14(5-9-17)20-24-18(12-29-20)21(25)27-10-16-11-28-19(23-16)13-2-6-15(22)7-3-13/h2-9,11-12H,10H2,1H3. The van der Waals surface area contributed by atoms with Crippen LogP contribution in [0.15, 0.2) is 59.3 Å². The van der Waals surface area contributed by atoms with Crippen LogP contribution in [0.25, 0.3) is 21.1 Å². The first-order chi connectivity index (χ1) is 14.1. The summed E-state index contributed by atoms with van der Waals surface area (Å²) in [7, 11) is 1.61. The molecule has 0 N–H and O–H groups in total. The van der Waals surface area contributed by atoms with Crippen molar-refractivity contribution in [2.75, 3.05) is 7.11 Å². The van der Waals surface area contributed by atoms with Crippen molar-refractivity contribution >= 4 is 28.6 Å². The maximum Gasteiger partial charge on any atom is 0.358 e. The summed E-state index contributed by atoms with van der Waals surface area (Å²) in [5.74, 6) is -0.0396. The number of benzene rings is 2. The van der Waals surface area contributed by atoms with Gasteiger partial charge in [0.15, 0.2) is 5.69 Å². The third-order valence-electron chi connectivity index (χ3n) is 4.04. The smallest absolute Gasteiger partial charge is 0.358 e. The van der Waals surface area contributed by atoms with Crippen LogP contribution in [-0.2, 0) is 11.3 Å². The van der Waals surface area contributed by atoms with Gasteiger partial charge in [-0.05, 0) is 48.5 Å². The van der Waals surface area contributed by atoms with Crippen molar-refractivity contribution in [2.24, 2.45) is 0 Å². The molecule has 2 heterocycles. The van der Waals surface area contributed by atoms with E-state index in [4.69, 9.17) is 9.47 Å².